The molecule has 1 aliphatic rings. The van der Waals surface area contributed by atoms with Crippen LogP contribution in [-0.4, -0.2) is 72.8 Å². The van der Waals surface area contributed by atoms with Gasteiger partial charge in [0, 0.05) is 45.6 Å². The lowest BCUT2D eigenvalue weighted by Crippen LogP contribution is -2.50. The van der Waals surface area contributed by atoms with Gasteiger partial charge in [0.2, 0.25) is 11.8 Å². The van der Waals surface area contributed by atoms with Gasteiger partial charge in [0.15, 0.2) is 0 Å². The van der Waals surface area contributed by atoms with Crippen LogP contribution < -0.4 is 0 Å². The number of amides is 2. The smallest absolute Gasteiger partial charge is 0.223 e. The van der Waals surface area contributed by atoms with Crippen LogP contribution in [0.3, 0.4) is 0 Å². The third-order valence-corrected chi connectivity index (χ3v) is 3.76. The topological polar surface area (TPSA) is 43.9 Å². The first-order valence-electron chi connectivity index (χ1n) is 7.82. The minimum Gasteiger partial charge on any atom is -0.339 e. The Morgan fingerprint density at radius 1 is 0.850 bits per heavy atom. The van der Waals surface area contributed by atoms with Crippen LogP contribution in [0, 0.1) is 0 Å². The number of rotatable bonds is 7. The molecule has 1 aliphatic heterocycles. The monoisotopic (exact) mass is 283 g/mol. The SMILES string of the molecule is CCCC(=O)N1CCN(C(=O)CCN(C)CCC)CC1. The van der Waals surface area contributed by atoms with Crippen molar-refractivity contribution in [2.75, 3.05) is 46.3 Å². The fourth-order valence-electron chi connectivity index (χ4n) is 2.52. The molecular formula is C15H29N3O2. The predicted molar refractivity (Wildman–Crippen MR) is 80.5 cm³/mol. The van der Waals surface area contributed by atoms with Crippen molar-refractivity contribution >= 4 is 11.8 Å². The van der Waals surface area contributed by atoms with Crippen molar-refractivity contribution < 1.29 is 9.59 Å². The Morgan fingerprint density at radius 3 is 1.80 bits per heavy atom. The van der Waals surface area contributed by atoms with Crippen molar-refractivity contribution in [2.24, 2.45) is 0 Å². The predicted octanol–water partition coefficient (Wildman–Crippen LogP) is 1.19. The lowest BCUT2D eigenvalue weighted by molar-refractivity contribution is -0.139. The van der Waals surface area contributed by atoms with E-state index in [4.69, 9.17) is 0 Å². The molecule has 5 nitrogen and oxygen atoms in total. The summed E-state index contributed by atoms with van der Waals surface area (Å²) in [6, 6.07) is 0. The molecule has 1 rings (SSSR count). The summed E-state index contributed by atoms with van der Waals surface area (Å²) in [5, 5.41) is 0. The van der Waals surface area contributed by atoms with Crippen LogP contribution in [0.15, 0.2) is 0 Å². The number of piperazine rings is 1. The molecule has 0 aromatic carbocycles. The van der Waals surface area contributed by atoms with Gasteiger partial charge >= 0.3 is 0 Å². The van der Waals surface area contributed by atoms with E-state index < -0.39 is 0 Å². The van der Waals surface area contributed by atoms with E-state index in [2.05, 4.69) is 18.9 Å². The van der Waals surface area contributed by atoms with Crippen molar-refractivity contribution in [1.82, 2.24) is 14.7 Å². The van der Waals surface area contributed by atoms with Gasteiger partial charge in [0.1, 0.15) is 0 Å². The summed E-state index contributed by atoms with van der Waals surface area (Å²) in [6.45, 7) is 8.77. The number of carbonyl (C=O) groups excluding carboxylic acids is 2. The normalized spacial score (nSPS) is 15.8. The lowest BCUT2D eigenvalue weighted by Gasteiger charge is -2.35. The third-order valence-electron chi connectivity index (χ3n) is 3.76. The summed E-state index contributed by atoms with van der Waals surface area (Å²) < 4.78 is 0. The van der Waals surface area contributed by atoms with Crippen LogP contribution in [-0.2, 0) is 9.59 Å². The molecule has 0 aromatic rings. The molecule has 116 valence electrons. The van der Waals surface area contributed by atoms with Crippen molar-refractivity contribution in [2.45, 2.75) is 39.5 Å². The van der Waals surface area contributed by atoms with Gasteiger partial charge in [-0.1, -0.05) is 13.8 Å². The summed E-state index contributed by atoms with van der Waals surface area (Å²) in [5.41, 5.74) is 0. The van der Waals surface area contributed by atoms with Gasteiger partial charge < -0.3 is 14.7 Å². The molecule has 0 radical (unpaired) electrons. The summed E-state index contributed by atoms with van der Waals surface area (Å²) >= 11 is 0. The molecule has 0 aliphatic carbocycles. The van der Waals surface area contributed by atoms with Crippen molar-refractivity contribution in [3.05, 3.63) is 0 Å². The molecular weight excluding hydrogens is 254 g/mol. The number of hydrogen-bond donors (Lipinski definition) is 0. The van der Waals surface area contributed by atoms with Gasteiger partial charge in [-0.05, 0) is 26.4 Å². The zero-order chi connectivity index (χ0) is 15.0. The minimum absolute atomic E-state index is 0.218. The molecule has 2 amide bonds. The average Bonchev–Trinajstić information content (AvgIpc) is 2.45. The van der Waals surface area contributed by atoms with Crippen LogP contribution in [0.2, 0.25) is 0 Å². The van der Waals surface area contributed by atoms with Gasteiger partial charge in [-0.2, -0.15) is 0 Å². The maximum atomic E-state index is 12.1. The van der Waals surface area contributed by atoms with E-state index in [1.165, 1.54) is 0 Å². The van der Waals surface area contributed by atoms with Gasteiger partial charge in [-0.15, -0.1) is 0 Å². The first-order chi connectivity index (χ1) is 9.58. The van der Waals surface area contributed by atoms with Crippen LogP contribution in [0.1, 0.15) is 39.5 Å². The molecule has 0 spiro atoms. The molecule has 0 aromatic heterocycles. The molecule has 0 bridgehead atoms. The standard InChI is InChI=1S/C15H29N3O2/c1-4-6-14(19)17-10-12-18(13-11-17)15(20)7-9-16(3)8-5-2/h4-13H2,1-3H3. The molecule has 1 saturated heterocycles. The fraction of sp³-hybridized carbons (Fsp3) is 0.867. The Morgan fingerprint density at radius 2 is 1.35 bits per heavy atom. The highest BCUT2D eigenvalue weighted by atomic mass is 16.2. The highest BCUT2D eigenvalue weighted by molar-refractivity contribution is 5.78. The van der Waals surface area contributed by atoms with Crippen LogP contribution in [0.5, 0.6) is 0 Å². The maximum absolute atomic E-state index is 12.1. The molecule has 20 heavy (non-hydrogen) atoms. The van der Waals surface area contributed by atoms with Crippen LogP contribution in [0.4, 0.5) is 0 Å². The molecule has 1 fully saturated rings. The van der Waals surface area contributed by atoms with Gasteiger partial charge in [-0.25, -0.2) is 0 Å². The summed E-state index contributed by atoms with van der Waals surface area (Å²) in [7, 11) is 2.05. The Labute approximate surface area is 122 Å². The van der Waals surface area contributed by atoms with Crippen LogP contribution >= 0.6 is 0 Å². The Kier molecular flexibility index (Phi) is 7.59. The summed E-state index contributed by atoms with van der Waals surface area (Å²) in [5.74, 6) is 0.442. The van der Waals surface area contributed by atoms with Crippen molar-refractivity contribution in [3.8, 4) is 0 Å². The van der Waals surface area contributed by atoms with E-state index in [9.17, 15) is 9.59 Å². The second-order valence-electron chi connectivity index (χ2n) is 5.56. The van der Waals surface area contributed by atoms with Gasteiger partial charge in [0.25, 0.3) is 0 Å². The summed E-state index contributed by atoms with van der Waals surface area (Å²) in [4.78, 5) is 29.9. The highest BCUT2D eigenvalue weighted by Crippen LogP contribution is 2.07. The van der Waals surface area contributed by atoms with Gasteiger partial charge in [-0.3, -0.25) is 9.59 Å². The molecule has 0 unspecified atom stereocenters. The first kappa shape index (κ1) is 17.0. The zero-order valence-electron chi connectivity index (χ0n) is 13.2. The number of carbonyl (C=O) groups is 2. The molecule has 5 heteroatoms. The third kappa shape index (κ3) is 5.49. The average molecular weight is 283 g/mol. The van der Waals surface area contributed by atoms with Gasteiger partial charge in [0.05, 0.1) is 0 Å². The largest absolute Gasteiger partial charge is 0.339 e. The second-order valence-corrected chi connectivity index (χ2v) is 5.56. The Balaban J connectivity index is 2.27. The Bertz CT molecular complexity index is 312. The van der Waals surface area contributed by atoms with E-state index >= 15 is 0 Å². The van der Waals surface area contributed by atoms with Crippen molar-refractivity contribution in [1.29, 1.82) is 0 Å². The van der Waals surface area contributed by atoms with E-state index in [-0.39, 0.29) is 11.8 Å². The highest BCUT2D eigenvalue weighted by Gasteiger charge is 2.23. The first-order valence-corrected chi connectivity index (χ1v) is 7.82. The molecule has 1 heterocycles. The quantitative estimate of drug-likeness (QED) is 0.705. The number of nitrogens with zero attached hydrogens (tertiary/aromatic N) is 3. The van der Waals surface area contributed by atoms with Crippen molar-refractivity contribution in [3.63, 3.8) is 0 Å². The molecule has 0 atom stereocenters. The van der Waals surface area contributed by atoms with E-state index in [0.29, 0.717) is 39.0 Å². The van der Waals surface area contributed by atoms with E-state index in [0.717, 1.165) is 25.9 Å². The van der Waals surface area contributed by atoms with E-state index in [1.807, 2.05) is 16.7 Å². The fourth-order valence-corrected chi connectivity index (χ4v) is 2.52. The summed E-state index contributed by atoms with van der Waals surface area (Å²) in [6.07, 6.45) is 3.21. The van der Waals surface area contributed by atoms with Crippen LogP contribution in [0.25, 0.3) is 0 Å². The Hall–Kier alpha value is -1.10. The number of hydrogen-bond acceptors (Lipinski definition) is 3. The molecule has 0 saturated carbocycles. The maximum Gasteiger partial charge on any atom is 0.223 e. The lowest BCUT2D eigenvalue weighted by atomic mass is 10.2. The zero-order valence-corrected chi connectivity index (χ0v) is 13.2. The minimum atomic E-state index is 0.218. The molecule has 0 N–H and O–H groups in total. The van der Waals surface area contributed by atoms with E-state index in [1.54, 1.807) is 0 Å². The second kappa shape index (κ2) is 8.95.